The fourth-order valence-electron chi connectivity index (χ4n) is 2.69. The van der Waals surface area contributed by atoms with Crippen LogP contribution in [0.1, 0.15) is 37.2 Å². The molecule has 2 aromatic carbocycles. The molecule has 1 N–H and O–H groups in total. The lowest BCUT2D eigenvalue weighted by atomic mass is 9.96. The van der Waals surface area contributed by atoms with Crippen LogP contribution in [-0.2, 0) is 11.8 Å². The van der Waals surface area contributed by atoms with Crippen molar-refractivity contribution in [2.75, 3.05) is 0 Å². The van der Waals surface area contributed by atoms with Gasteiger partial charge in [0.05, 0.1) is 26.3 Å². The van der Waals surface area contributed by atoms with Gasteiger partial charge in [-0.15, -0.1) is 11.3 Å². The smallest absolute Gasteiger partial charge is 0.112 e. The second-order valence-corrected chi connectivity index (χ2v) is 8.05. The summed E-state index contributed by atoms with van der Waals surface area (Å²) in [5, 5.41) is 1.15. The molecule has 23 heavy (non-hydrogen) atoms. The van der Waals surface area contributed by atoms with Gasteiger partial charge in [-0.05, 0) is 29.8 Å². The lowest BCUT2D eigenvalue weighted by Crippen LogP contribution is -2.12. The van der Waals surface area contributed by atoms with Crippen LogP contribution in [0.2, 0.25) is 0 Å². The van der Waals surface area contributed by atoms with Gasteiger partial charge in [-0.1, -0.05) is 39.0 Å². The molecule has 0 aliphatic heterocycles. The molecule has 0 aliphatic rings. The zero-order valence-corrected chi connectivity index (χ0v) is 14.4. The van der Waals surface area contributed by atoms with Gasteiger partial charge in [0.15, 0.2) is 0 Å². The van der Waals surface area contributed by atoms with Gasteiger partial charge in [0.1, 0.15) is 5.82 Å². The number of nitrogens with zero attached hydrogens (tertiary/aromatic N) is 2. The van der Waals surface area contributed by atoms with Crippen molar-refractivity contribution in [2.45, 2.75) is 32.6 Å². The van der Waals surface area contributed by atoms with E-state index in [1.807, 2.05) is 6.07 Å². The van der Waals surface area contributed by atoms with E-state index in [1.165, 1.54) is 10.3 Å². The van der Waals surface area contributed by atoms with Gasteiger partial charge < -0.3 is 4.98 Å². The SMILES string of the molecule is CC(C)(C)c1nc2ccc(Cc3nc4ccccc4s3)cc2[nH]1. The maximum Gasteiger partial charge on any atom is 0.112 e. The van der Waals surface area contributed by atoms with Crippen LogP contribution < -0.4 is 0 Å². The number of nitrogens with one attached hydrogen (secondary N) is 1. The maximum absolute atomic E-state index is 4.73. The van der Waals surface area contributed by atoms with E-state index in [9.17, 15) is 0 Å². The van der Waals surface area contributed by atoms with Crippen molar-refractivity contribution in [1.82, 2.24) is 15.0 Å². The number of fused-ring (bicyclic) bond motifs is 2. The Morgan fingerprint density at radius 2 is 1.83 bits per heavy atom. The number of thiazole rings is 1. The van der Waals surface area contributed by atoms with Crippen LogP contribution in [0.15, 0.2) is 42.5 Å². The van der Waals surface area contributed by atoms with Gasteiger partial charge in [0.2, 0.25) is 0 Å². The maximum atomic E-state index is 4.73. The molecule has 4 rings (SSSR count). The Balaban J connectivity index is 1.68. The van der Waals surface area contributed by atoms with Gasteiger partial charge in [0, 0.05) is 11.8 Å². The molecule has 0 unspecified atom stereocenters. The number of benzene rings is 2. The summed E-state index contributed by atoms with van der Waals surface area (Å²) in [6.07, 6.45) is 0.860. The molecule has 0 amide bonds. The summed E-state index contributed by atoms with van der Waals surface area (Å²) in [6, 6.07) is 14.8. The van der Waals surface area contributed by atoms with Gasteiger partial charge >= 0.3 is 0 Å². The third-order valence-corrected chi connectivity index (χ3v) is 4.99. The van der Waals surface area contributed by atoms with Crippen molar-refractivity contribution in [1.29, 1.82) is 0 Å². The second kappa shape index (κ2) is 5.17. The van der Waals surface area contributed by atoms with Gasteiger partial charge in [-0.2, -0.15) is 0 Å². The minimum Gasteiger partial charge on any atom is -0.342 e. The summed E-state index contributed by atoms with van der Waals surface area (Å²) in [4.78, 5) is 12.9. The second-order valence-electron chi connectivity index (χ2n) is 6.94. The topological polar surface area (TPSA) is 41.6 Å². The fraction of sp³-hybridized carbons (Fsp3) is 0.263. The van der Waals surface area contributed by atoms with Crippen molar-refractivity contribution >= 4 is 32.6 Å². The monoisotopic (exact) mass is 321 g/mol. The summed E-state index contributed by atoms with van der Waals surface area (Å²) >= 11 is 1.77. The Morgan fingerprint density at radius 3 is 2.61 bits per heavy atom. The van der Waals surface area contributed by atoms with Gasteiger partial charge in [-0.3, -0.25) is 0 Å². The van der Waals surface area contributed by atoms with E-state index in [2.05, 4.69) is 62.2 Å². The number of aromatic nitrogens is 3. The van der Waals surface area contributed by atoms with E-state index in [-0.39, 0.29) is 5.41 Å². The first-order chi connectivity index (χ1) is 11.0. The molecule has 0 bridgehead atoms. The predicted octanol–water partition coefficient (Wildman–Crippen LogP) is 5.06. The highest BCUT2D eigenvalue weighted by molar-refractivity contribution is 7.18. The number of para-hydroxylation sites is 1. The minimum atomic E-state index is 0.0339. The molecule has 4 heteroatoms. The molecule has 0 radical (unpaired) electrons. The van der Waals surface area contributed by atoms with Crippen LogP contribution in [0.25, 0.3) is 21.3 Å². The van der Waals surface area contributed by atoms with E-state index < -0.39 is 0 Å². The minimum absolute atomic E-state index is 0.0339. The fourth-order valence-corrected chi connectivity index (χ4v) is 3.69. The highest BCUT2D eigenvalue weighted by atomic mass is 32.1. The lowest BCUT2D eigenvalue weighted by Gasteiger charge is -2.13. The first-order valence-corrected chi connectivity index (χ1v) is 8.64. The molecule has 116 valence electrons. The van der Waals surface area contributed by atoms with Crippen molar-refractivity contribution < 1.29 is 0 Å². The zero-order valence-electron chi connectivity index (χ0n) is 13.6. The highest BCUT2D eigenvalue weighted by Crippen LogP contribution is 2.26. The largest absolute Gasteiger partial charge is 0.342 e. The molecular formula is C19H19N3S. The number of rotatable bonds is 2. The Bertz CT molecular complexity index is 956. The van der Waals surface area contributed by atoms with Crippen LogP contribution in [0.4, 0.5) is 0 Å². The quantitative estimate of drug-likeness (QED) is 0.560. The van der Waals surface area contributed by atoms with Crippen molar-refractivity contribution in [3.8, 4) is 0 Å². The molecule has 4 aromatic rings. The lowest BCUT2D eigenvalue weighted by molar-refractivity contribution is 0.554. The third-order valence-electron chi connectivity index (χ3n) is 3.95. The van der Waals surface area contributed by atoms with E-state index in [0.29, 0.717) is 0 Å². The van der Waals surface area contributed by atoms with Crippen LogP contribution in [-0.4, -0.2) is 15.0 Å². The molecule has 0 saturated carbocycles. The average molecular weight is 321 g/mol. The van der Waals surface area contributed by atoms with Gasteiger partial charge in [0.25, 0.3) is 0 Å². The molecular weight excluding hydrogens is 302 g/mol. The highest BCUT2D eigenvalue weighted by Gasteiger charge is 2.18. The zero-order chi connectivity index (χ0) is 16.0. The molecule has 0 aliphatic carbocycles. The predicted molar refractivity (Wildman–Crippen MR) is 97.2 cm³/mol. The molecule has 2 heterocycles. The summed E-state index contributed by atoms with van der Waals surface area (Å²) in [6.45, 7) is 6.52. The number of hydrogen-bond acceptors (Lipinski definition) is 3. The molecule has 0 spiro atoms. The van der Waals surface area contributed by atoms with E-state index in [4.69, 9.17) is 9.97 Å². The first kappa shape index (κ1) is 14.4. The average Bonchev–Trinajstić information content (AvgIpc) is 3.09. The van der Waals surface area contributed by atoms with Crippen molar-refractivity contribution in [3.63, 3.8) is 0 Å². The van der Waals surface area contributed by atoms with Crippen LogP contribution in [0, 0.1) is 0 Å². The summed E-state index contributed by atoms with van der Waals surface area (Å²) in [7, 11) is 0. The van der Waals surface area contributed by atoms with E-state index in [1.54, 1.807) is 11.3 Å². The van der Waals surface area contributed by atoms with Crippen LogP contribution >= 0.6 is 11.3 Å². The molecule has 0 saturated heterocycles. The number of imidazole rings is 1. The third kappa shape index (κ3) is 2.75. The summed E-state index contributed by atoms with van der Waals surface area (Å²) in [5.41, 5.74) is 4.52. The molecule has 0 atom stereocenters. The van der Waals surface area contributed by atoms with Crippen LogP contribution in [0.5, 0.6) is 0 Å². The normalized spacial score (nSPS) is 12.3. The Morgan fingerprint density at radius 1 is 1.00 bits per heavy atom. The Kier molecular flexibility index (Phi) is 3.23. The van der Waals surface area contributed by atoms with E-state index in [0.717, 1.165) is 33.8 Å². The van der Waals surface area contributed by atoms with Crippen molar-refractivity contribution in [3.05, 3.63) is 58.9 Å². The summed E-state index contributed by atoms with van der Waals surface area (Å²) < 4.78 is 1.25. The summed E-state index contributed by atoms with van der Waals surface area (Å²) in [5.74, 6) is 1.03. The standard InChI is InChI=1S/C19H19N3S/c1-19(2,3)18-21-13-9-8-12(10-15(13)22-18)11-17-20-14-6-4-5-7-16(14)23-17/h4-10H,11H2,1-3H3,(H,21,22). The molecule has 3 nitrogen and oxygen atoms in total. The van der Waals surface area contributed by atoms with Crippen LogP contribution in [0.3, 0.4) is 0 Å². The number of hydrogen-bond donors (Lipinski definition) is 1. The number of H-pyrrole nitrogens is 1. The Labute approximate surface area is 139 Å². The van der Waals surface area contributed by atoms with Crippen molar-refractivity contribution in [2.24, 2.45) is 0 Å². The Hall–Kier alpha value is -2.20. The number of aromatic amines is 1. The van der Waals surface area contributed by atoms with Gasteiger partial charge in [-0.25, -0.2) is 9.97 Å². The first-order valence-electron chi connectivity index (χ1n) is 7.83. The van der Waals surface area contributed by atoms with E-state index >= 15 is 0 Å². The molecule has 0 fully saturated rings. The molecule has 2 aromatic heterocycles.